The lowest BCUT2D eigenvalue weighted by Gasteiger charge is -2.34. The van der Waals surface area contributed by atoms with Gasteiger partial charge in [0.1, 0.15) is 5.75 Å². The molecule has 0 saturated carbocycles. The number of hydrogen-bond acceptors (Lipinski definition) is 4. The van der Waals surface area contributed by atoms with Gasteiger partial charge in [-0.05, 0) is 49.7 Å². The molecule has 1 aliphatic rings. The lowest BCUT2D eigenvalue weighted by molar-refractivity contribution is -0.119. The fourth-order valence-corrected chi connectivity index (χ4v) is 4.71. The summed E-state index contributed by atoms with van der Waals surface area (Å²) in [7, 11) is -2.11. The molecule has 1 amide bonds. The minimum atomic E-state index is -3.69. The number of rotatable bonds is 4. The molecule has 0 aliphatic carbocycles. The van der Waals surface area contributed by atoms with Gasteiger partial charge in [-0.15, -0.1) is 0 Å². The van der Waals surface area contributed by atoms with E-state index in [4.69, 9.17) is 4.74 Å². The molecule has 0 aromatic heterocycles. The van der Waals surface area contributed by atoms with Crippen LogP contribution in [0.15, 0.2) is 47.4 Å². The van der Waals surface area contributed by atoms with Gasteiger partial charge in [0.2, 0.25) is 15.9 Å². The Labute approximate surface area is 154 Å². The SMILES string of the molecule is COc1ccc(N2CCN(S(=O)(=O)c3ccc(C)cc3C)CC2=O)cc1. The maximum absolute atomic E-state index is 12.9. The fourth-order valence-electron chi connectivity index (χ4n) is 3.12. The second kappa shape index (κ2) is 7.09. The largest absolute Gasteiger partial charge is 0.497 e. The topological polar surface area (TPSA) is 66.9 Å². The summed E-state index contributed by atoms with van der Waals surface area (Å²) in [4.78, 5) is 14.4. The average Bonchev–Trinajstić information content (AvgIpc) is 2.61. The van der Waals surface area contributed by atoms with E-state index >= 15 is 0 Å². The Morgan fingerprint density at radius 3 is 2.27 bits per heavy atom. The van der Waals surface area contributed by atoms with Crippen LogP contribution in [0, 0.1) is 13.8 Å². The van der Waals surface area contributed by atoms with Crippen molar-refractivity contribution in [3.8, 4) is 5.75 Å². The van der Waals surface area contributed by atoms with Crippen LogP contribution in [-0.2, 0) is 14.8 Å². The van der Waals surface area contributed by atoms with E-state index in [0.29, 0.717) is 17.9 Å². The first-order chi connectivity index (χ1) is 12.3. The second-order valence-electron chi connectivity index (χ2n) is 6.35. The predicted molar refractivity (Wildman–Crippen MR) is 100 cm³/mol. The lowest BCUT2D eigenvalue weighted by Crippen LogP contribution is -2.52. The van der Waals surface area contributed by atoms with Crippen molar-refractivity contribution in [3.05, 3.63) is 53.6 Å². The van der Waals surface area contributed by atoms with E-state index in [0.717, 1.165) is 11.3 Å². The lowest BCUT2D eigenvalue weighted by atomic mass is 10.2. The summed E-state index contributed by atoms with van der Waals surface area (Å²) < 4.78 is 32.2. The van der Waals surface area contributed by atoms with Gasteiger partial charge in [0.05, 0.1) is 18.6 Å². The quantitative estimate of drug-likeness (QED) is 0.824. The molecular weight excluding hydrogens is 352 g/mol. The van der Waals surface area contributed by atoms with Crippen LogP contribution in [0.1, 0.15) is 11.1 Å². The summed E-state index contributed by atoms with van der Waals surface area (Å²) in [5.74, 6) is 0.465. The molecule has 7 heteroatoms. The zero-order valence-electron chi connectivity index (χ0n) is 15.1. The molecule has 138 valence electrons. The number of carbonyl (C=O) groups excluding carboxylic acids is 1. The summed E-state index contributed by atoms with van der Waals surface area (Å²) in [5.41, 5.74) is 2.43. The molecule has 0 unspecified atom stereocenters. The molecule has 0 spiro atoms. The van der Waals surface area contributed by atoms with Gasteiger partial charge in [-0.2, -0.15) is 4.31 Å². The number of hydrogen-bond donors (Lipinski definition) is 0. The minimum Gasteiger partial charge on any atom is -0.497 e. The zero-order chi connectivity index (χ0) is 18.9. The van der Waals surface area contributed by atoms with E-state index in [1.54, 1.807) is 55.3 Å². The molecule has 1 heterocycles. The van der Waals surface area contributed by atoms with Crippen LogP contribution in [0.25, 0.3) is 0 Å². The third-order valence-corrected chi connectivity index (χ3v) is 6.52. The van der Waals surface area contributed by atoms with Crippen LogP contribution in [0.3, 0.4) is 0 Å². The average molecular weight is 374 g/mol. The Kier molecular flexibility index (Phi) is 5.02. The van der Waals surface area contributed by atoms with Crippen LogP contribution in [0.4, 0.5) is 5.69 Å². The summed E-state index contributed by atoms with van der Waals surface area (Å²) in [6.07, 6.45) is 0. The van der Waals surface area contributed by atoms with Crippen molar-refractivity contribution in [2.24, 2.45) is 0 Å². The van der Waals surface area contributed by atoms with Crippen molar-refractivity contribution in [1.29, 1.82) is 0 Å². The standard InChI is InChI=1S/C19H22N2O4S/c1-14-4-9-18(15(2)12-14)26(23,24)20-10-11-21(19(22)13-20)16-5-7-17(25-3)8-6-16/h4-9,12H,10-11,13H2,1-3H3. The molecule has 0 radical (unpaired) electrons. The first-order valence-corrected chi connectivity index (χ1v) is 9.79. The van der Waals surface area contributed by atoms with Crippen molar-refractivity contribution >= 4 is 21.6 Å². The maximum atomic E-state index is 12.9. The fraction of sp³-hybridized carbons (Fsp3) is 0.316. The maximum Gasteiger partial charge on any atom is 0.243 e. The first-order valence-electron chi connectivity index (χ1n) is 8.35. The highest BCUT2D eigenvalue weighted by Gasteiger charge is 2.34. The van der Waals surface area contributed by atoms with Crippen molar-refractivity contribution < 1.29 is 17.9 Å². The number of sulfonamides is 1. The Hall–Kier alpha value is -2.38. The number of nitrogens with zero attached hydrogens (tertiary/aromatic N) is 2. The molecule has 0 atom stereocenters. The third kappa shape index (κ3) is 3.45. The Morgan fingerprint density at radius 1 is 1.00 bits per heavy atom. The van der Waals surface area contributed by atoms with E-state index in [9.17, 15) is 13.2 Å². The Morgan fingerprint density at radius 2 is 1.69 bits per heavy atom. The molecule has 2 aromatic rings. The predicted octanol–water partition coefficient (Wildman–Crippen LogP) is 2.35. The van der Waals surface area contributed by atoms with Crippen LogP contribution >= 0.6 is 0 Å². The highest BCUT2D eigenvalue weighted by atomic mass is 32.2. The molecule has 1 fully saturated rings. The van der Waals surface area contributed by atoms with Crippen LogP contribution in [0.2, 0.25) is 0 Å². The number of aryl methyl sites for hydroxylation is 2. The van der Waals surface area contributed by atoms with Gasteiger partial charge in [-0.1, -0.05) is 17.7 Å². The number of carbonyl (C=O) groups is 1. The minimum absolute atomic E-state index is 0.165. The van der Waals surface area contributed by atoms with E-state index in [1.807, 2.05) is 13.0 Å². The zero-order valence-corrected chi connectivity index (χ0v) is 15.9. The van der Waals surface area contributed by atoms with Crippen LogP contribution < -0.4 is 9.64 Å². The molecule has 1 saturated heterocycles. The van der Waals surface area contributed by atoms with E-state index in [1.165, 1.54) is 4.31 Å². The van der Waals surface area contributed by atoms with Gasteiger partial charge in [0, 0.05) is 18.8 Å². The van der Waals surface area contributed by atoms with Gasteiger partial charge in [-0.3, -0.25) is 4.79 Å². The van der Waals surface area contributed by atoms with E-state index < -0.39 is 10.0 Å². The molecule has 6 nitrogen and oxygen atoms in total. The summed E-state index contributed by atoms with van der Waals surface area (Å²) in [5, 5.41) is 0. The van der Waals surface area contributed by atoms with Crippen molar-refractivity contribution in [2.75, 3.05) is 31.6 Å². The van der Waals surface area contributed by atoms with Crippen molar-refractivity contribution in [3.63, 3.8) is 0 Å². The number of methoxy groups -OCH3 is 1. The smallest absolute Gasteiger partial charge is 0.243 e. The summed E-state index contributed by atoms with van der Waals surface area (Å²) >= 11 is 0. The normalized spacial score (nSPS) is 16.0. The molecular formula is C19H22N2O4S. The van der Waals surface area contributed by atoms with Gasteiger partial charge in [0.25, 0.3) is 0 Å². The number of piperazine rings is 1. The molecule has 0 N–H and O–H groups in total. The van der Waals surface area contributed by atoms with E-state index in [-0.39, 0.29) is 23.9 Å². The van der Waals surface area contributed by atoms with Crippen molar-refractivity contribution in [2.45, 2.75) is 18.7 Å². The van der Waals surface area contributed by atoms with Crippen LogP contribution in [-0.4, -0.2) is 45.4 Å². The van der Waals surface area contributed by atoms with Gasteiger partial charge in [-0.25, -0.2) is 8.42 Å². The summed E-state index contributed by atoms with van der Waals surface area (Å²) in [6, 6.07) is 12.4. The monoisotopic (exact) mass is 374 g/mol. The van der Waals surface area contributed by atoms with Gasteiger partial charge < -0.3 is 9.64 Å². The molecule has 3 rings (SSSR count). The molecule has 1 aliphatic heterocycles. The molecule has 2 aromatic carbocycles. The molecule has 26 heavy (non-hydrogen) atoms. The Bertz CT molecular complexity index is 923. The number of amides is 1. The van der Waals surface area contributed by atoms with Gasteiger partial charge in [0.15, 0.2) is 0 Å². The van der Waals surface area contributed by atoms with Crippen molar-refractivity contribution in [1.82, 2.24) is 4.31 Å². The Balaban J connectivity index is 1.80. The second-order valence-corrected chi connectivity index (χ2v) is 8.26. The highest BCUT2D eigenvalue weighted by Crippen LogP contribution is 2.25. The summed E-state index contributed by atoms with van der Waals surface area (Å²) in [6.45, 7) is 4.10. The first kappa shape index (κ1) is 18.4. The van der Waals surface area contributed by atoms with Gasteiger partial charge >= 0.3 is 0 Å². The number of ether oxygens (including phenoxy) is 1. The van der Waals surface area contributed by atoms with E-state index in [2.05, 4.69) is 0 Å². The molecule has 0 bridgehead atoms. The number of anilines is 1. The third-order valence-electron chi connectivity index (χ3n) is 4.52. The highest BCUT2D eigenvalue weighted by molar-refractivity contribution is 7.89. The van der Waals surface area contributed by atoms with Crippen LogP contribution in [0.5, 0.6) is 5.75 Å². The number of benzene rings is 2.